The molecule has 0 bridgehead atoms. The summed E-state index contributed by atoms with van der Waals surface area (Å²) >= 11 is 0. The maximum Gasteiger partial charge on any atom is 0.421 e. The smallest absolute Gasteiger partial charge is 0.421 e. The highest BCUT2D eigenvalue weighted by Gasteiger charge is 2.34. The van der Waals surface area contributed by atoms with E-state index in [9.17, 15) is 22.8 Å². The van der Waals surface area contributed by atoms with Gasteiger partial charge in [0, 0.05) is 12.7 Å². The van der Waals surface area contributed by atoms with E-state index in [2.05, 4.69) is 5.32 Å². The van der Waals surface area contributed by atoms with E-state index in [0.717, 1.165) is 22.4 Å². The summed E-state index contributed by atoms with van der Waals surface area (Å²) in [6.07, 6.45) is -3.61. The number of benzene rings is 1. The minimum atomic E-state index is -4.75. The summed E-state index contributed by atoms with van der Waals surface area (Å²) in [7, 11) is 1.51. The molecule has 0 saturated heterocycles. The maximum atomic E-state index is 12.7. The molecule has 1 N–H and O–H groups in total. The molecule has 5 nitrogen and oxygen atoms in total. The van der Waals surface area contributed by atoms with Crippen LogP contribution in [0.1, 0.15) is 11.1 Å². The second-order valence-corrected chi connectivity index (χ2v) is 4.98. The predicted octanol–water partition coefficient (Wildman–Crippen LogP) is 2.19. The number of halogens is 3. The van der Waals surface area contributed by atoms with Crippen LogP contribution in [0.3, 0.4) is 0 Å². The van der Waals surface area contributed by atoms with Crippen LogP contribution >= 0.6 is 0 Å². The molecule has 0 spiro atoms. The molecule has 0 atom stereocenters. The normalized spacial score (nSPS) is 11.2. The van der Waals surface area contributed by atoms with E-state index in [-0.39, 0.29) is 6.54 Å². The zero-order valence-corrected chi connectivity index (χ0v) is 12.8. The standard InChI is InChI=1S/C16H15F3N2O3/c1-24-12-5-2-4-11(8-12)9-20-14(22)10-21-7-3-6-13(15(21)23)16(17,18)19/h2-8H,9-10H2,1H3,(H,20,22). The molecule has 1 amide bonds. The second kappa shape index (κ2) is 7.20. The van der Waals surface area contributed by atoms with E-state index in [1.54, 1.807) is 24.3 Å². The summed E-state index contributed by atoms with van der Waals surface area (Å²) in [6.45, 7) is -0.323. The number of rotatable bonds is 5. The molecule has 8 heteroatoms. The van der Waals surface area contributed by atoms with Gasteiger partial charge in [-0.05, 0) is 29.8 Å². The Morgan fingerprint density at radius 3 is 2.67 bits per heavy atom. The molecule has 1 heterocycles. The number of alkyl halides is 3. The number of methoxy groups -OCH3 is 1. The van der Waals surface area contributed by atoms with Crippen LogP contribution < -0.4 is 15.6 Å². The number of carbonyl (C=O) groups excluding carboxylic acids is 1. The van der Waals surface area contributed by atoms with Gasteiger partial charge < -0.3 is 14.6 Å². The number of ether oxygens (including phenoxy) is 1. The fourth-order valence-electron chi connectivity index (χ4n) is 2.07. The number of amides is 1. The lowest BCUT2D eigenvalue weighted by Crippen LogP contribution is -2.34. The number of carbonyl (C=O) groups is 1. The van der Waals surface area contributed by atoms with Crippen LogP contribution in [0.5, 0.6) is 5.75 Å². The van der Waals surface area contributed by atoms with Gasteiger partial charge in [0.15, 0.2) is 0 Å². The summed E-state index contributed by atoms with van der Waals surface area (Å²) in [5, 5.41) is 2.55. The van der Waals surface area contributed by atoms with E-state index in [0.29, 0.717) is 11.8 Å². The van der Waals surface area contributed by atoms with Crippen molar-refractivity contribution >= 4 is 5.91 Å². The van der Waals surface area contributed by atoms with Crippen molar-refractivity contribution in [1.29, 1.82) is 0 Å². The van der Waals surface area contributed by atoms with Gasteiger partial charge in [-0.3, -0.25) is 9.59 Å². The third-order valence-electron chi connectivity index (χ3n) is 3.26. The van der Waals surface area contributed by atoms with Gasteiger partial charge >= 0.3 is 6.18 Å². The van der Waals surface area contributed by atoms with Gasteiger partial charge in [0.2, 0.25) is 5.91 Å². The highest BCUT2D eigenvalue weighted by molar-refractivity contribution is 5.75. The number of hydrogen-bond acceptors (Lipinski definition) is 3. The third kappa shape index (κ3) is 4.37. The summed E-state index contributed by atoms with van der Waals surface area (Å²) in [5.74, 6) is 0.0510. The van der Waals surface area contributed by atoms with Crippen LogP contribution in [0, 0.1) is 0 Å². The molecule has 1 aromatic carbocycles. The third-order valence-corrected chi connectivity index (χ3v) is 3.26. The summed E-state index contributed by atoms with van der Waals surface area (Å²) < 4.78 is 43.8. The van der Waals surface area contributed by atoms with Gasteiger partial charge in [0.25, 0.3) is 5.56 Å². The van der Waals surface area contributed by atoms with Crippen LogP contribution in [0.15, 0.2) is 47.4 Å². The Hall–Kier alpha value is -2.77. The average molecular weight is 340 g/mol. The Morgan fingerprint density at radius 1 is 1.25 bits per heavy atom. The van der Waals surface area contributed by atoms with Crippen LogP contribution in [0.4, 0.5) is 13.2 Å². The molecule has 0 radical (unpaired) electrons. The fourth-order valence-corrected chi connectivity index (χ4v) is 2.07. The highest BCUT2D eigenvalue weighted by Crippen LogP contribution is 2.25. The molecule has 0 aliphatic heterocycles. The van der Waals surface area contributed by atoms with Crippen LogP contribution in [-0.4, -0.2) is 17.6 Å². The van der Waals surface area contributed by atoms with E-state index in [4.69, 9.17) is 4.74 Å². The molecule has 24 heavy (non-hydrogen) atoms. The van der Waals surface area contributed by atoms with Crippen molar-refractivity contribution in [3.05, 3.63) is 64.1 Å². The SMILES string of the molecule is COc1cccc(CNC(=O)Cn2cccc(C(F)(F)F)c2=O)c1. The van der Waals surface area contributed by atoms with Gasteiger partial charge in [-0.2, -0.15) is 13.2 Å². The molecular formula is C16H15F3N2O3. The van der Waals surface area contributed by atoms with E-state index >= 15 is 0 Å². The maximum absolute atomic E-state index is 12.7. The highest BCUT2D eigenvalue weighted by atomic mass is 19.4. The average Bonchev–Trinajstić information content (AvgIpc) is 2.54. The number of hydrogen-bond donors (Lipinski definition) is 1. The summed E-state index contributed by atoms with van der Waals surface area (Å²) in [4.78, 5) is 23.6. The van der Waals surface area contributed by atoms with Crippen molar-refractivity contribution in [2.45, 2.75) is 19.3 Å². The van der Waals surface area contributed by atoms with Gasteiger partial charge in [-0.1, -0.05) is 12.1 Å². The van der Waals surface area contributed by atoms with E-state index in [1.807, 2.05) is 0 Å². The van der Waals surface area contributed by atoms with Crippen LogP contribution in [0.25, 0.3) is 0 Å². The summed E-state index contributed by atoms with van der Waals surface area (Å²) in [5.41, 5.74) is -1.79. The number of aromatic nitrogens is 1. The first-order valence-electron chi connectivity index (χ1n) is 6.97. The molecular weight excluding hydrogens is 325 g/mol. The van der Waals surface area contributed by atoms with E-state index < -0.39 is 29.8 Å². The van der Waals surface area contributed by atoms with Gasteiger partial charge in [-0.15, -0.1) is 0 Å². The first-order chi connectivity index (χ1) is 11.3. The topological polar surface area (TPSA) is 60.3 Å². The molecule has 0 aliphatic carbocycles. The lowest BCUT2D eigenvalue weighted by molar-refractivity contribution is -0.139. The zero-order valence-electron chi connectivity index (χ0n) is 12.8. The van der Waals surface area contributed by atoms with Gasteiger partial charge in [-0.25, -0.2) is 0 Å². The van der Waals surface area contributed by atoms with Crippen molar-refractivity contribution in [3.63, 3.8) is 0 Å². The van der Waals surface area contributed by atoms with Gasteiger partial charge in [0.1, 0.15) is 17.9 Å². The van der Waals surface area contributed by atoms with Crippen molar-refractivity contribution in [2.75, 3.05) is 7.11 Å². The lowest BCUT2D eigenvalue weighted by atomic mass is 10.2. The molecule has 1 aromatic heterocycles. The van der Waals surface area contributed by atoms with Crippen LogP contribution in [0.2, 0.25) is 0 Å². The number of nitrogens with one attached hydrogen (secondary N) is 1. The Balaban J connectivity index is 2.04. The fraction of sp³-hybridized carbons (Fsp3) is 0.250. The van der Waals surface area contributed by atoms with E-state index in [1.165, 1.54) is 7.11 Å². The minimum absolute atomic E-state index is 0.170. The van der Waals surface area contributed by atoms with Crippen molar-refractivity contribution in [3.8, 4) is 5.75 Å². The number of nitrogens with zero attached hydrogens (tertiary/aromatic N) is 1. The lowest BCUT2D eigenvalue weighted by Gasteiger charge is -2.11. The Kier molecular flexibility index (Phi) is 5.28. The first-order valence-corrected chi connectivity index (χ1v) is 6.97. The first kappa shape index (κ1) is 17.6. The Labute approximate surface area is 135 Å². The molecule has 2 rings (SSSR count). The van der Waals surface area contributed by atoms with Crippen LogP contribution in [-0.2, 0) is 24.1 Å². The Morgan fingerprint density at radius 2 is 2.00 bits per heavy atom. The molecule has 0 saturated carbocycles. The summed E-state index contributed by atoms with van der Waals surface area (Å²) in [6, 6.07) is 8.74. The second-order valence-electron chi connectivity index (χ2n) is 4.98. The molecule has 128 valence electrons. The molecule has 0 fully saturated rings. The van der Waals surface area contributed by atoms with Crippen molar-refractivity contribution in [2.24, 2.45) is 0 Å². The monoisotopic (exact) mass is 340 g/mol. The quantitative estimate of drug-likeness (QED) is 0.908. The van der Waals surface area contributed by atoms with Crippen molar-refractivity contribution in [1.82, 2.24) is 9.88 Å². The minimum Gasteiger partial charge on any atom is -0.497 e. The molecule has 2 aromatic rings. The number of pyridine rings is 1. The van der Waals surface area contributed by atoms with Crippen molar-refractivity contribution < 1.29 is 22.7 Å². The largest absolute Gasteiger partial charge is 0.497 e. The Bertz CT molecular complexity index is 785. The molecule has 0 aliphatic rings. The zero-order chi connectivity index (χ0) is 17.7. The molecule has 0 unspecified atom stereocenters. The predicted molar refractivity (Wildman–Crippen MR) is 80.5 cm³/mol. The van der Waals surface area contributed by atoms with Gasteiger partial charge in [0.05, 0.1) is 7.11 Å².